The quantitative estimate of drug-likeness (QED) is 0.204. The van der Waals surface area contributed by atoms with Gasteiger partial charge in [0.15, 0.2) is 0 Å². The molecule has 0 saturated carbocycles. The molecule has 0 fully saturated rings. The van der Waals surface area contributed by atoms with E-state index < -0.39 is 0 Å². The summed E-state index contributed by atoms with van der Waals surface area (Å²) in [5.41, 5.74) is 13.1. The van der Waals surface area contributed by atoms with Gasteiger partial charge in [0.2, 0.25) is 0 Å². The van der Waals surface area contributed by atoms with Crippen LogP contribution in [0.5, 0.6) is 0 Å². The van der Waals surface area contributed by atoms with Crippen molar-refractivity contribution in [3.63, 3.8) is 0 Å². The van der Waals surface area contributed by atoms with E-state index in [9.17, 15) is 0 Å². The number of aromatic nitrogens is 2. The molecule has 2 aromatic heterocycles. The number of nitrogens with zero attached hydrogens (tertiary/aromatic N) is 2. The monoisotopic (exact) mass is 550 g/mol. The summed E-state index contributed by atoms with van der Waals surface area (Å²) < 4.78 is 0. The largest absolute Gasteiger partial charge is 0.264 e. The van der Waals surface area contributed by atoms with E-state index in [-0.39, 0.29) is 0 Å². The van der Waals surface area contributed by atoms with Gasteiger partial charge in [0.1, 0.15) is 0 Å². The van der Waals surface area contributed by atoms with Crippen LogP contribution in [-0.2, 0) is 6.42 Å². The second-order valence-electron chi connectivity index (χ2n) is 11.4. The van der Waals surface area contributed by atoms with E-state index in [1.165, 1.54) is 60.5 Å². The van der Waals surface area contributed by atoms with Crippen molar-refractivity contribution in [2.45, 2.75) is 19.8 Å². The third-order valence-corrected chi connectivity index (χ3v) is 8.77. The lowest BCUT2D eigenvalue weighted by atomic mass is 9.84. The summed E-state index contributed by atoms with van der Waals surface area (Å²) in [5, 5.41) is 5.11. The zero-order valence-electron chi connectivity index (χ0n) is 24.1. The minimum Gasteiger partial charge on any atom is -0.264 e. The lowest BCUT2D eigenvalue weighted by Crippen LogP contribution is -1.96. The van der Waals surface area contributed by atoms with Gasteiger partial charge in [-0.15, -0.1) is 0 Å². The lowest BCUT2D eigenvalue weighted by molar-refractivity contribution is 0.986. The molecule has 0 bridgehead atoms. The van der Waals surface area contributed by atoms with Gasteiger partial charge in [-0.1, -0.05) is 109 Å². The van der Waals surface area contributed by atoms with Gasteiger partial charge in [-0.05, 0) is 98.5 Å². The zero-order valence-corrected chi connectivity index (χ0v) is 24.1. The Morgan fingerprint density at radius 1 is 0.581 bits per heavy atom. The van der Waals surface area contributed by atoms with Crippen molar-refractivity contribution in [1.82, 2.24) is 9.97 Å². The predicted octanol–water partition coefficient (Wildman–Crippen LogP) is 10.7. The molecule has 2 heterocycles. The van der Waals surface area contributed by atoms with Gasteiger partial charge in [-0.25, -0.2) is 4.98 Å². The van der Waals surface area contributed by atoms with Crippen LogP contribution in [0.15, 0.2) is 134 Å². The molecule has 0 aliphatic heterocycles. The smallest absolute Gasteiger partial charge is 0.0727 e. The summed E-state index contributed by atoms with van der Waals surface area (Å²) in [4.78, 5) is 9.33. The van der Waals surface area contributed by atoms with E-state index >= 15 is 0 Å². The Morgan fingerprint density at radius 3 is 1.91 bits per heavy atom. The van der Waals surface area contributed by atoms with Crippen LogP contribution in [0.2, 0.25) is 0 Å². The molecule has 0 N–H and O–H groups in total. The Bertz CT molecular complexity index is 2130. The molecule has 0 atom stereocenters. The molecule has 2 nitrogen and oxygen atoms in total. The average Bonchev–Trinajstić information content (AvgIpc) is 3.07. The van der Waals surface area contributed by atoms with E-state index in [0.717, 1.165) is 35.4 Å². The van der Waals surface area contributed by atoms with Gasteiger partial charge in [-0.2, -0.15) is 0 Å². The normalized spacial score (nSPS) is 12.5. The SMILES string of the molecule is Cc1ccncc1-c1cccc(-c2ccc(-c3c4ccccc4c(-c4ccc5c(c4)CCC=C5)c4ccccc34)cc2)n1. The van der Waals surface area contributed by atoms with Crippen molar-refractivity contribution in [2.75, 3.05) is 0 Å². The molecule has 1 aliphatic rings. The first-order valence-corrected chi connectivity index (χ1v) is 15.0. The van der Waals surface area contributed by atoms with E-state index in [0.29, 0.717) is 0 Å². The number of fused-ring (bicyclic) bond motifs is 3. The van der Waals surface area contributed by atoms with E-state index in [1.54, 1.807) is 0 Å². The van der Waals surface area contributed by atoms with E-state index in [1.807, 2.05) is 18.5 Å². The number of allylic oxidation sites excluding steroid dienone is 1. The molecule has 1 aliphatic carbocycles. The number of rotatable bonds is 4. The van der Waals surface area contributed by atoms with Gasteiger partial charge in [-0.3, -0.25) is 4.98 Å². The molecule has 2 heteroatoms. The van der Waals surface area contributed by atoms with Crippen LogP contribution >= 0.6 is 0 Å². The fraction of sp³-hybridized carbons (Fsp3) is 0.0732. The molecule has 0 amide bonds. The van der Waals surface area contributed by atoms with E-state index in [2.05, 4.69) is 133 Å². The number of pyridine rings is 2. The van der Waals surface area contributed by atoms with Gasteiger partial charge < -0.3 is 0 Å². The van der Waals surface area contributed by atoms with Crippen molar-refractivity contribution >= 4 is 27.6 Å². The van der Waals surface area contributed by atoms with Crippen LogP contribution < -0.4 is 0 Å². The highest BCUT2D eigenvalue weighted by Crippen LogP contribution is 2.44. The second-order valence-corrected chi connectivity index (χ2v) is 11.4. The minimum atomic E-state index is 0.943. The van der Waals surface area contributed by atoms with Crippen molar-refractivity contribution in [1.29, 1.82) is 0 Å². The molecule has 0 radical (unpaired) electrons. The highest BCUT2D eigenvalue weighted by atomic mass is 14.7. The number of hydrogen-bond donors (Lipinski definition) is 0. The molecular weight excluding hydrogens is 520 g/mol. The zero-order chi connectivity index (χ0) is 28.8. The first-order valence-electron chi connectivity index (χ1n) is 15.0. The topological polar surface area (TPSA) is 25.8 Å². The summed E-state index contributed by atoms with van der Waals surface area (Å²) in [5.74, 6) is 0. The molecule has 0 spiro atoms. The number of hydrogen-bond acceptors (Lipinski definition) is 2. The molecule has 5 aromatic carbocycles. The van der Waals surface area contributed by atoms with Crippen molar-refractivity contribution in [3.05, 3.63) is 150 Å². The Labute approximate surface area is 252 Å². The molecule has 204 valence electrons. The maximum Gasteiger partial charge on any atom is 0.0727 e. The fourth-order valence-corrected chi connectivity index (χ4v) is 6.63. The third kappa shape index (κ3) is 4.43. The third-order valence-electron chi connectivity index (χ3n) is 8.77. The van der Waals surface area contributed by atoms with Gasteiger partial charge in [0.05, 0.1) is 11.4 Å². The Morgan fingerprint density at radius 2 is 1.21 bits per heavy atom. The van der Waals surface area contributed by atoms with Crippen LogP contribution in [0, 0.1) is 6.92 Å². The van der Waals surface area contributed by atoms with Crippen LogP contribution in [0.25, 0.3) is 72.4 Å². The summed E-state index contributed by atoms with van der Waals surface area (Å²) in [7, 11) is 0. The first-order chi connectivity index (χ1) is 21.2. The van der Waals surface area contributed by atoms with E-state index in [4.69, 9.17) is 4.98 Å². The van der Waals surface area contributed by atoms with Gasteiger partial charge >= 0.3 is 0 Å². The summed E-state index contributed by atoms with van der Waals surface area (Å²) in [6.45, 7) is 2.10. The summed E-state index contributed by atoms with van der Waals surface area (Å²) in [6.07, 6.45) is 10.5. The maximum atomic E-state index is 5.01. The molecule has 7 aromatic rings. The minimum absolute atomic E-state index is 0.943. The number of aryl methyl sites for hydroxylation is 2. The summed E-state index contributed by atoms with van der Waals surface area (Å²) >= 11 is 0. The average molecular weight is 551 g/mol. The van der Waals surface area contributed by atoms with Crippen LogP contribution in [-0.4, -0.2) is 9.97 Å². The molecule has 0 saturated heterocycles. The van der Waals surface area contributed by atoms with Crippen molar-refractivity contribution < 1.29 is 0 Å². The highest BCUT2D eigenvalue weighted by molar-refractivity contribution is 6.21. The van der Waals surface area contributed by atoms with Gasteiger partial charge in [0, 0.05) is 23.5 Å². The highest BCUT2D eigenvalue weighted by Gasteiger charge is 2.18. The Kier molecular flexibility index (Phi) is 6.19. The fourth-order valence-electron chi connectivity index (χ4n) is 6.63. The van der Waals surface area contributed by atoms with Gasteiger partial charge in [0.25, 0.3) is 0 Å². The Hall–Kier alpha value is -5.34. The van der Waals surface area contributed by atoms with Crippen LogP contribution in [0.3, 0.4) is 0 Å². The van der Waals surface area contributed by atoms with Crippen LogP contribution in [0.1, 0.15) is 23.1 Å². The van der Waals surface area contributed by atoms with Crippen LogP contribution in [0.4, 0.5) is 0 Å². The second kappa shape index (κ2) is 10.5. The summed E-state index contributed by atoms with van der Waals surface area (Å²) in [6, 6.07) is 41.9. The standard InChI is InChI=1S/C41H30N2/c1-27-23-24-42-26-37(27)39-16-8-15-38(43-39)29-18-20-30(21-19-29)40-33-11-4-6-13-35(33)41(36-14-7-5-12-34(36)40)32-22-17-28-9-2-3-10-31(28)25-32/h2,4-9,11-26H,3,10H2,1H3. The molecular formula is C41H30N2. The molecule has 0 unspecified atom stereocenters. The number of benzene rings is 5. The maximum absolute atomic E-state index is 5.01. The molecule has 43 heavy (non-hydrogen) atoms. The Balaban J connectivity index is 1.27. The molecule has 8 rings (SSSR count). The first kappa shape index (κ1) is 25.4. The van der Waals surface area contributed by atoms with Crippen molar-refractivity contribution in [3.8, 4) is 44.8 Å². The predicted molar refractivity (Wildman–Crippen MR) is 181 cm³/mol. The lowest BCUT2D eigenvalue weighted by Gasteiger charge is -2.19. The van der Waals surface area contributed by atoms with Crippen molar-refractivity contribution in [2.24, 2.45) is 0 Å².